The molecule has 0 unspecified atom stereocenters. The smallest absolute Gasteiger partial charge is 0.154 e. The maximum atomic E-state index is 11.1. The lowest BCUT2D eigenvalue weighted by atomic mass is 9.87. The molecule has 0 bridgehead atoms. The molecular weight excluding hydrogens is 542 g/mol. The summed E-state index contributed by atoms with van der Waals surface area (Å²) in [6.07, 6.45) is -1.84. The lowest BCUT2D eigenvalue weighted by molar-refractivity contribution is -0.163. The number of nitriles is 1. The highest BCUT2D eigenvalue weighted by atomic mass is 79.9. The van der Waals surface area contributed by atoms with Gasteiger partial charge in [-0.3, -0.25) is 4.68 Å². The fourth-order valence-electron chi connectivity index (χ4n) is 3.48. The largest absolute Gasteiger partial charge is 0.394 e. The van der Waals surface area contributed by atoms with Gasteiger partial charge in [0.25, 0.3) is 0 Å². The molecule has 0 aromatic carbocycles. The van der Waals surface area contributed by atoms with E-state index in [1.165, 1.54) is 17.5 Å². The van der Waals surface area contributed by atoms with E-state index in [4.69, 9.17) is 16.3 Å². The van der Waals surface area contributed by atoms with E-state index in [-0.39, 0.29) is 5.69 Å². The summed E-state index contributed by atoms with van der Waals surface area (Å²) < 4.78 is 8.04. The van der Waals surface area contributed by atoms with Gasteiger partial charge in [0.15, 0.2) is 5.69 Å². The molecule has 3 N–H and O–H groups in total. The monoisotopic (exact) mass is 557 g/mol. The van der Waals surface area contributed by atoms with Gasteiger partial charge < -0.3 is 20.1 Å². The van der Waals surface area contributed by atoms with E-state index in [0.29, 0.717) is 30.9 Å². The number of hydrogen-bond acceptors (Lipinski definition) is 10. The van der Waals surface area contributed by atoms with Crippen molar-refractivity contribution in [2.45, 2.75) is 34.6 Å². The summed E-state index contributed by atoms with van der Waals surface area (Å²) in [5.41, 5.74) is 0.394. The number of ether oxygens (including phenoxy) is 1. The van der Waals surface area contributed by atoms with Crippen LogP contribution in [-0.4, -0.2) is 65.4 Å². The second-order valence-electron chi connectivity index (χ2n) is 7.02. The average Bonchev–Trinajstić information content (AvgIpc) is 3.35. The molecule has 3 aromatic rings. The van der Waals surface area contributed by atoms with Crippen LogP contribution in [0.5, 0.6) is 0 Å². The van der Waals surface area contributed by atoms with Crippen LogP contribution < -0.4 is 0 Å². The zero-order valence-corrected chi connectivity index (χ0v) is 20.4. The summed E-state index contributed by atoms with van der Waals surface area (Å²) in [6, 6.07) is 5.45. The molecule has 3 aromatic heterocycles. The van der Waals surface area contributed by atoms with Crippen LogP contribution in [0.4, 0.5) is 0 Å². The van der Waals surface area contributed by atoms with Crippen LogP contribution >= 0.6 is 50.6 Å². The van der Waals surface area contributed by atoms with Crippen LogP contribution in [-0.2, 0) is 11.8 Å². The number of aliphatic hydroxyl groups excluding tert-OH is 3. The van der Waals surface area contributed by atoms with Crippen molar-refractivity contribution in [1.82, 2.24) is 19.7 Å². The normalized spacial score (nSPS) is 25.6. The second-order valence-corrected chi connectivity index (χ2v) is 10.3. The number of pyridine rings is 1. The number of thiazole rings is 1. The van der Waals surface area contributed by atoms with E-state index in [1.54, 1.807) is 29.2 Å². The van der Waals surface area contributed by atoms with E-state index in [9.17, 15) is 20.6 Å². The minimum atomic E-state index is -1.20. The minimum Gasteiger partial charge on any atom is -0.394 e. The van der Waals surface area contributed by atoms with Crippen molar-refractivity contribution >= 4 is 50.6 Å². The summed E-state index contributed by atoms with van der Waals surface area (Å²) >= 11 is 11.7. The molecule has 13 heteroatoms. The van der Waals surface area contributed by atoms with E-state index in [0.717, 1.165) is 11.8 Å². The summed E-state index contributed by atoms with van der Waals surface area (Å²) in [7, 11) is 1.73. The third kappa shape index (κ3) is 4.57. The Morgan fingerprint density at radius 3 is 2.81 bits per heavy atom. The Labute approximate surface area is 204 Å². The first kappa shape index (κ1) is 23.6. The fourth-order valence-corrected chi connectivity index (χ4v) is 6.12. The first-order valence-corrected chi connectivity index (χ1v) is 12.3. The van der Waals surface area contributed by atoms with Crippen molar-refractivity contribution in [1.29, 1.82) is 5.26 Å². The molecule has 0 aliphatic carbocycles. The number of halogens is 2. The Kier molecular flexibility index (Phi) is 7.18. The topological polar surface area (TPSA) is 137 Å². The van der Waals surface area contributed by atoms with Crippen molar-refractivity contribution in [3.8, 4) is 16.8 Å². The van der Waals surface area contributed by atoms with Gasteiger partial charge in [-0.25, -0.2) is 9.97 Å². The molecule has 0 spiro atoms. The van der Waals surface area contributed by atoms with Crippen LogP contribution in [0.1, 0.15) is 17.3 Å². The lowest BCUT2D eigenvalue weighted by Gasteiger charge is -2.41. The molecule has 1 saturated heterocycles. The molecule has 9 nitrogen and oxygen atoms in total. The number of hydrogen-bond donors (Lipinski definition) is 3. The summed E-state index contributed by atoms with van der Waals surface area (Å²) in [4.78, 5) is 8.82. The molecule has 0 saturated carbocycles. The van der Waals surface area contributed by atoms with E-state index in [1.807, 2.05) is 6.07 Å². The molecule has 0 radical (unpaired) electrons. The maximum Gasteiger partial charge on any atom is 0.154 e. The molecule has 1 fully saturated rings. The highest BCUT2D eigenvalue weighted by molar-refractivity contribution is 9.10. The van der Waals surface area contributed by atoms with Crippen LogP contribution in [0.2, 0.25) is 5.15 Å². The maximum absolute atomic E-state index is 11.1. The van der Waals surface area contributed by atoms with E-state index >= 15 is 0 Å². The Hall–Kier alpha value is -1.56. The van der Waals surface area contributed by atoms with E-state index in [2.05, 4.69) is 31.0 Å². The van der Waals surface area contributed by atoms with Crippen molar-refractivity contribution < 1.29 is 20.1 Å². The highest BCUT2D eigenvalue weighted by Gasteiger charge is 2.47. The lowest BCUT2D eigenvalue weighted by Crippen LogP contribution is -2.53. The molecule has 1 aliphatic rings. The molecular formula is C19H17BrClN5O4S2. The number of aromatic nitrogens is 4. The average molecular weight is 559 g/mol. The van der Waals surface area contributed by atoms with Crippen molar-refractivity contribution in [2.24, 2.45) is 7.05 Å². The molecule has 0 amide bonds. The van der Waals surface area contributed by atoms with Crippen molar-refractivity contribution in [3.63, 3.8) is 0 Å². The van der Waals surface area contributed by atoms with Gasteiger partial charge in [0.05, 0.1) is 30.0 Å². The van der Waals surface area contributed by atoms with E-state index < -0.39 is 36.3 Å². The van der Waals surface area contributed by atoms with Gasteiger partial charge in [0, 0.05) is 28.0 Å². The number of rotatable bonds is 5. The van der Waals surface area contributed by atoms with Gasteiger partial charge in [-0.1, -0.05) is 23.4 Å². The Balaban J connectivity index is 1.68. The molecule has 168 valence electrons. The summed E-state index contributed by atoms with van der Waals surface area (Å²) in [6.45, 7) is -0.453. The molecule has 4 rings (SSSR count). The number of aryl methyl sites for hydroxylation is 1. The minimum absolute atomic E-state index is 0.179. The Morgan fingerprint density at radius 2 is 2.16 bits per heavy atom. The van der Waals surface area contributed by atoms with Crippen LogP contribution in [0.15, 0.2) is 33.1 Å². The molecule has 5 atom stereocenters. The Morgan fingerprint density at radius 1 is 1.38 bits per heavy atom. The van der Waals surface area contributed by atoms with Crippen LogP contribution in [0, 0.1) is 11.3 Å². The fraction of sp³-hybridized carbons (Fsp3) is 0.368. The number of thioether (sulfide) groups is 1. The van der Waals surface area contributed by atoms with Crippen molar-refractivity contribution in [2.75, 3.05) is 6.61 Å². The van der Waals surface area contributed by atoms with Gasteiger partial charge in [-0.05, 0) is 28.1 Å². The molecule has 32 heavy (non-hydrogen) atoms. The van der Waals surface area contributed by atoms with Gasteiger partial charge >= 0.3 is 0 Å². The number of nitrogens with zero attached hydrogens (tertiary/aromatic N) is 5. The third-order valence-corrected chi connectivity index (χ3v) is 7.80. The van der Waals surface area contributed by atoms with Gasteiger partial charge in [0.2, 0.25) is 0 Å². The predicted octanol–water partition coefficient (Wildman–Crippen LogP) is 2.54. The summed E-state index contributed by atoms with van der Waals surface area (Å²) in [5.74, 6) is -0.848. The first-order chi connectivity index (χ1) is 15.3. The zero-order valence-electron chi connectivity index (χ0n) is 16.5. The molecule has 4 heterocycles. The molecule has 1 aliphatic heterocycles. The Bertz CT molecular complexity index is 1170. The first-order valence-electron chi connectivity index (χ1n) is 9.32. The van der Waals surface area contributed by atoms with Gasteiger partial charge in [-0.15, -0.1) is 11.3 Å². The SMILES string of the molecule is Cn1nc([C@@H]2[C@@H](O)[C@@H](Sc3cc(Br)cnc3C#N)O[C@H](CO)[C@@H]2O)cc1-c1nc(Cl)cs1. The van der Waals surface area contributed by atoms with Crippen LogP contribution in [0.3, 0.4) is 0 Å². The quantitative estimate of drug-likeness (QED) is 0.431. The third-order valence-electron chi connectivity index (χ3n) is 4.99. The second kappa shape index (κ2) is 9.74. The number of aliphatic hydroxyl groups is 3. The highest BCUT2D eigenvalue weighted by Crippen LogP contribution is 2.42. The van der Waals surface area contributed by atoms with Crippen LogP contribution in [0.25, 0.3) is 10.7 Å². The standard InChI is InChI=1S/C19H17BrClN5O4S2/c1-26-11(18-24-14(21)7-31-18)3-9(25-26)15-16(28)12(6-27)30-19(17(15)29)32-13-2-8(20)5-23-10(13)4-22/h2-3,5,7,12,15-17,19,27-29H,6H2,1H3/t12-,15+,16+,17-,19-/m1/s1. The summed E-state index contributed by atoms with van der Waals surface area (Å²) in [5, 5.41) is 48.3. The van der Waals surface area contributed by atoms with Crippen molar-refractivity contribution in [3.05, 3.63) is 44.7 Å². The van der Waals surface area contributed by atoms with Gasteiger partial charge in [-0.2, -0.15) is 10.4 Å². The predicted molar refractivity (Wildman–Crippen MR) is 122 cm³/mol. The van der Waals surface area contributed by atoms with Gasteiger partial charge in [0.1, 0.15) is 33.9 Å². The zero-order chi connectivity index (χ0) is 23.0.